The number of ether oxygens (including phenoxy) is 1. The Balaban J connectivity index is 1.85. The van der Waals surface area contributed by atoms with Crippen molar-refractivity contribution in [3.05, 3.63) is 88.7 Å². The van der Waals surface area contributed by atoms with E-state index in [-0.39, 0.29) is 33.5 Å². The maximum Gasteiger partial charge on any atom is 0.255 e. The van der Waals surface area contributed by atoms with E-state index in [0.717, 1.165) is 11.6 Å². The highest BCUT2D eigenvalue weighted by Crippen LogP contribution is 2.26. The molecule has 0 bridgehead atoms. The first-order valence-electron chi connectivity index (χ1n) is 8.78. The number of hydrogen-bond donors (Lipinski definition) is 2. The summed E-state index contributed by atoms with van der Waals surface area (Å²) in [6.45, 7) is 0.0802. The van der Waals surface area contributed by atoms with Crippen LogP contribution in [0.15, 0.2) is 71.6 Å². The van der Waals surface area contributed by atoms with Crippen molar-refractivity contribution >= 4 is 33.2 Å². The van der Waals surface area contributed by atoms with Crippen molar-refractivity contribution in [3.8, 4) is 5.75 Å². The maximum atomic E-state index is 13.3. The lowest BCUT2D eigenvalue weighted by molar-refractivity contribution is 0.102. The van der Waals surface area contributed by atoms with Gasteiger partial charge in [-0.3, -0.25) is 4.79 Å². The molecular formula is C21H18ClFN2O4S. The Morgan fingerprint density at radius 1 is 1.07 bits per heavy atom. The predicted octanol–water partition coefficient (Wildman–Crippen LogP) is 4.22. The average molecular weight is 449 g/mol. The molecule has 0 aliphatic carbocycles. The van der Waals surface area contributed by atoms with E-state index in [1.165, 1.54) is 37.4 Å². The van der Waals surface area contributed by atoms with E-state index >= 15 is 0 Å². The van der Waals surface area contributed by atoms with E-state index in [9.17, 15) is 17.6 Å². The molecule has 3 aromatic rings. The number of methoxy groups -OCH3 is 1. The second kappa shape index (κ2) is 9.25. The van der Waals surface area contributed by atoms with Crippen LogP contribution in [0.2, 0.25) is 5.02 Å². The fraction of sp³-hybridized carbons (Fsp3) is 0.0952. The highest BCUT2D eigenvalue weighted by atomic mass is 35.5. The summed E-state index contributed by atoms with van der Waals surface area (Å²) in [5.41, 5.74) is 1.13. The lowest BCUT2D eigenvalue weighted by Gasteiger charge is -2.13. The van der Waals surface area contributed by atoms with Crippen molar-refractivity contribution in [2.75, 3.05) is 12.4 Å². The SMILES string of the molecule is COc1ccc(C(=O)Nc2ccc(F)c(Cl)c2)cc1S(=O)(=O)NCc1ccccc1. The van der Waals surface area contributed by atoms with Gasteiger partial charge in [-0.15, -0.1) is 0 Å². The molecule has 156 valence electrons. The Bertz CT molecular complexity index is 1170. The fourth-order valence-electron chi connectivity index (χ4n) is 2.66. The smallest absolute Gasteiger partial charge is 0.255 e. The molecule has 0 saturated carbocycles. The summed E-state index contributed by atoms with van der Waals surface area (Å²) < 4.78 is 46.6. The molecular weight excluding hydrogens is 431 g/mol. The van der Waals surface area contributed by atoms with E-state index in [1.807, 2.05) is 6.07 Å². The van der Waals surface area contributed by atoms with E-state index in [2.05, 4.69) is 10.0 Å². The summed E-state index contributed by atoms with van der Waals surface area (Å²) in [6, 6.07) is 16.8. The number of benzene rings is 3. The number of sulfonamides is 1. The van der Waals surface area contributed by atoms with Gasteiger partial charge in [-0.05, 0) is 42.0 Å². The predicted molar refractivity (Wildman–Crippen MR) is 113 cm³/mol. The van der Waals surface area contributed by atoms with E-state index < -0.39 is 21.7 Å². The van der Waals surface area contributed by atoms with Gasteiger partial charge in [0.05, 0.1) is 12.1 Å². The molecule has 0 radical (unpaired) electrons. The molecule has 2 N–H and O–H groups in total. The Morgan fingerprint density at radius 3 is 2.47 bits per heavy atom. The van der Waals surface area contributed by atoms with Crippen LogP contribution in [0.4, 0.5) is 10.1 Å². The van der Waals surface area contributed by atoms with Crippen LogP contribution in [-0.4, -0.2) is 21.4 Å². The second-order valence-corrected chi connectivity index (χ2v) is 8.40. The first kappa shape index (κ1) is 21.8. The molecule has 0 aromatic heterocycles. The summed E-state index contributed by atoms with van der Waals surface area (Å²) in [7, 11) is -2.63. The molecule has 0 atom stereocenters. The molecule has 3 rings (SSSR count). The molecule has 30 heavy (non-hydrogen) atoms. The van der Waals surface area contributed by atoms with Crippen LogP contribution in [0.1, 0.15) is 15.9 Å². The summed E-state index contributed by atoms with van der Waals surface area (Å²) >= 11 is 5.72. The van der Waals surface area contributed by atoms with Gasteiger partial charge in [-0.2, -0.15) is 0 Å². The minimum absolute atomic E-state index is 0.0799. The second-order valence-electron chi connectivity index (χ2n) is 6.26. The van der Waals surface area contributed by atoms with Crippen molar-refractivity contribution in [1.29, 1.82) is 0 Å². The molecule has 3 aromatic carbocycles. The number of nitrogens with one attached hydrogen (secondary N) is 2. The Kier molecular flexibility index (Phi) is 6.71. The monoisotopic (exact) mass is 448 g/mol. The topological polar surface area (TPSA) is 84.5 Å². The highest BCUT2D eigenvalue weighted by Gasteiger charge is 2.22. The van der Waals surface area contributed by atoms with Crippen molar-refractivity contribution in [2.24, 2.45) is 0 Å². The minimum Gasteiger partial charge on any atom is -0.495 e. The van der Waals surface area contributed by atoms with Gasteiger partial charge in [0.25, 0.3) is 5.91 Å². The number of halogens is 2. The Morgan fingerprint density at radius 2 is 1.80 bits per heavy atom. The number of carbonyl (C=O) groups is 1. The van der Waals surface area contributed by atoms with Crippen molar-refractivity contribution in [2.45, 2.75) is 11.4 Å². The first-order chi connectivity index (χ1) is 14.3. The zero-order chi connectivity index (χ0) is 21.7. The van der Waals surface area contributed by atoms with Gasteiger partial charge >= 0.3 is 0 Å². The lowest BCUT2D eigenvalue weighted by Crippen LogP contribution is -2.24. The lowest BCUT2D eigenvalue weighted by atomic mass is 10.2. The third-order valence-corrected chi connectivity index (χ3v) is 5.91. The van der Waals surface area contributed by atoms with Crippen LogP contribution in [0.25, 0.3) is 0 Å². The van der Waals surface area contributed by atoms with Gasteiger partial charge in [-0.1, -0.05) is 41.9 Å². The zero-order valence-electron chi connectivity index (χ0n) is 15.9. The summed E-state index contributed by atoms with van der Waals surface area (Å²) in [5.74, 6) is -1.10. The third-order valence-electron chi connectivity index (χ3n) is 4.20. The number of hydrogen-bond acceptors (Lipinski definition) is 4. The van der Waals surface area contributed by atoms with Crippen molar-refractivity contribution in [3.63, 3.8) is 0 Å². The number of rotatable bonds is 7. The average Bonchev–Trinajstić information content (AvgIpc) is 2.75. The molecule has 0 heterocycles. The van der Waals surface area contributed by atoms with Crippen LogP contribution in [0.3, 0.4) is 0 Å². The normalized spacial score (nSPS) is 11.2. The van der Waals surface area contributed by atoms with Crippen LogP contribution in [0, 0.1) is 5.82 Å². The van der Waals surface area contributed by atoms with E-state index in [0.29, 0.717) is 0 Å². The Labute approximate surface area is 178 Å². The number of anilines is 1. The van der Waals surface area contributed by atoms with E-state index in [1.54, 1.807) is 24.3 Å². The van der Waals surface area contributed by atoms with Gasteiger partial charge in [0, 0.05) is 17.8 Å². The third kappa shape index (κ3) is 5.15. The van der Waals surface area contributed by atoms with Gasteiger partial charge in [0.2, 0.25) is 10.0 Å². The van der Waals surface area contributed by atoms with Crippen LogP contribution >= 0.6 is 11.6 Å². The standard InChI is InChI=1S/C21H18ClFN2O4S/c1-29-19-10-7-15(21(26)25-16-8-9-18(23)17(22)12-16)11-20(19)30(27,28)24-13-14-5-3-2-4-6-14/h2-12,24H,13H2,1H3,(H,25,26). The summed E-state index contributed by atoms with van der Waals surface area (Å²) in [4.78, 5) is 12.4. The maximum absolute atomic E-state index is 13.3. The number of amides is 1. The van der Waals surface area contributed by atoms with Crippen molar-refractivity contribution in [1.82, 2.24) is 4.72 Å². The molecule has 6 nitrogen and oxygen atoms in total. The van der Waals surface area contributed by atoms with Crippen molar-refractivity contribution < 1.29 is 22.3 Å². The molecule has 0 saturated heterocycles. The number of carbonyl (C=O) groups excluding carboxylic acids is 1. The Hall–Kier alpha value is -2.94. The molecule has 0 unspecified atom stereocenters. The molecule has 0 spiro atoms. The first-order valence-corrected chi connectivity index (χ1v) is 10.6. The quantitative estimate of drug-likeness (QED) is 0.566. The summed E-state index contributed by atoms with van der Waals surface area (Å²) in [5, 5.41) is 2.41. The highest BCUT2D eigenvalue weighted by molar-refractivity contribution is 7.89. The fourth-order valence-corrected chi connectivity index (χ4v) is 4.05. The van der Waals surface area contributed by atoms with Crippen LogP contribution in [-0.2, 0) is 16.6 Å². The molecule has 0 fully saturated rings. The van der Waals surface area contributed by atoms with Crippen LogP contribution < -0.4 is 14.8 Å². The van der Waals surface area contributed by atoms with Gasteiger partial charge in [-0.25, -0.2) is 17.5 Å². The molecule has 9 heteroatoms. The molecule has 1 amide bonds. The van der Waals surface area contributed by atoms with Crippen LogP contribution in [0.5, 0.6) is 5.75 Å². The largest absolute Gasteiger partial charge is 0.495 e. The molecule has 0 aliphatic rings. The van der Waals surface area contributed by atoms with Gasteiger partial charge < -0.3 is 10.1 Å². The molecule has 0 aliphatic heterocycles. The minimum atomic E-state index is -3.97. The van der Waals surface area contributed by atoms with Gasteiger partial charge in [0.1, 0.15) is 16.5 Å². The van der Waals surface area contributed by atoms with E-state index in [4.69, 9.17) is 16.3 Å². The zero-order valence-corrected chi connectivity index (χ0v) is 17.4. The van der Waals surface area contributed by atoms with Gasteiger partial charge in [0.15, 0.2) is 0 Å². The summed E-state index contributed by atoms with van der Waals surface area (Å²) in [6.07, 6.45) is 0.